The van der Waals surface area contributed by atoms with E-state index in [4.69, 9.17) is 0 Å². The fourth-order valence-electron chi connectivity index (χ4n) is 6.23. The molecule has 38 heavy (non-hydrogen) atoms. The monoisotopic (exact) mass is 484 g/mol. The van der Waals surface area contributed by atoms with E-state index in [1.54, 1.807) is 0 Å². The summed E-state index contributed by atoms with van der Waals surface area (Å²) in [6, 6.07) is 48.4. The van der Waals surface area contributed by atoms with Crippen molar-refractivity contribution in [3.05, 3.63) is 179 Å². The van der Waals surface area contributed by atoms with Crippen molar-refractivity contribution < 1.29 is 0 Å². The topological polar surface area (TPSA) is 0 Å². The van der Waals surface area contributed by atoms with Crippen molar-refractivity contribution in [1.29, 1.82) is 0 Å². The predicted molar refractivity (Wildman–Crippen MR) is 160 cm³/mol. The molecule has 5 aromatic carbocycles. The van der Waals surface area contributed by atoms with Crippen LogP contribution in [0.1, 0.15) is 11.1 Å². The van der Waals surface area contributed by atoms with Crippen LogP contribution in [0.2, 0.25) is 0 Å². The lowest BCUT2D eigenvalue weighted by Gasteiger charge is -2.34. The molecule has 5 aromatic rings. The Labute approximate surface area is 224 Å². The molecule has 0 fully saturated rings. The lowest BCUT2D eigenvalue weighted by Crippen LogP contribution is -2.40. The minimum atomic E-state index is 0.259. The van der Waals surface area contributed by atoms with E-state index in [1.165, 1.54) is 55.0 Å². The minimum Gasteiger partial charge on any atom is -0.0760 e. The summed E-state index contributed by atoms with van der Waals surface area (Å²) < 4.78 is 0. The Morgan fingerprint density at radius 3 is 1.55 bits per heavy atom. The van der Waals surface area contributed by atoms with E-state index in [1.807, 2.05) is 0 Å². The third-order valence-electron chi connectivity index (χ3n) is 7.89. The summed E-state index contributed by atoms with van der Waals surface area (Å²) in [7, 11) is 0. The highest BCUT2D eigenvalue weighted by molar-refractivity contribution is 5.87. The zero-order valence-electron chi connectivity index (χ0n) is 21.2. The lowest BCUT2D eigenvalue weighted by atomic mass is 9.69. The third kappa shape index (κ3) is 3.86. The number of rotatable bonds is 4. The number of fused-ring (bicyclic) bond motifs is 2. The molecule has 0 amide bonds. The van der Waals surface area contributed by atoms with Crippen LogP contribution in [0.3, 0.4) is 0 Å². The van der Waals surface area contributed by atoms with Gasteiger partial charge in [-0.2, -0.15) is 0 Å². The average Bonchev–Trinajstić information content (AvgIpc) is 3.01. The van der Waals surface area contributed by atoms with E-state index in [-0.39, 0.29) is 11.8 Å². The zero-order chi connectivity index (χ0) is 25.3. The van der Waals surface area contributed by atoms with Crippen molar-refractivity contribution in [2.24, 2.45) is 11.8 Å². The minimum absolute atomic E-state index is 0.259. The first-order chi connectivity index (χ1) is 18.9. The number of hydrogen-bond donors (Lipinski definition) is 0. The highest BCUT2D eigenvalue weighted by Gasteiger charge is 2.32. The van der Waals surface area contributed by atoms with E-state index >= 15 is 0 Å². The van der Waals surface area contributed by atoms with Gasteiger partial charge in [0.05, 0.1) is 0 Å². The number of allylic oxidation sites excluding steroid dienone is 4. The van der Waals surface area contributed by atoms with E-state index < -0.39 is 0 Å². The van der Waals surface area contributed by atoms with Crippen molar-refractivity contribution in [1.82, 2.24) is 0 Å². The molecule has 0 radical (unpaired) electrons. The lowest BCUT2D eigenvalue weighted by molar-refractivity contribution is 0.686. The van der Waals surface area contributed by atoms with Crippen LogP contribution < -0.4 is 10.4 Å². The molecular formula is C38H28. The molecule has 0 spiro atoms. The van der Waals surface area contributed by atoms with Gasteiger partial charge in [0.1, 0.15) is 0 Å². The molecule has 0 nitrogen and oxygen atoms in total. The summed E-state index contributed by atoms with van der Waals surface area (Å²) in [4.78, 5) is 0. The molecule has 2 aliphatic rings. The quantitative estimate of drug-likeness (QED) is 0.244. The van der Waals surface area contributed by atoms with Crippen LogP contribution >= 0.6 is 0 Å². The van der Waals surface area contributed by atoms with Gasteiger partial charge in [-0.05, 0) is 61.0 Å². The Hall–Kier alpha value is -4.68. The molecule has 0 N–H and O–H groups in total. The first kappa shape index (κ1) is 22.5. The molecule has 0 heterocycles. The van der Waals surface area contributed by atoms with Gasteiger partial charge < -0.3 is 0 Å². The van der Waals surface area contributed by atoms with Crippen molar-refractivity contribution in [3.63, 3.8) is 0 Å². The first-order valence-electron chi connectivity index (χ1n) is 13.4. The van der Waals surface area contributed by atoms with Gasteiger partial charge in [-0.1, -0.05) is 152 Å². The summed E-state index contributed by atoms with van der Waals surface area (Å²) in [6.45, 7) is 0. The standard InChI is InChI=1S/C38H28/c1-3-14-27(15-4-1)29-18-13-19-30(26-29)37-33-22-9-11-24-35(33)38(36-25-12-10-23-34(36)37)32-21-8-7-20-31(32)28-16-5-2-6-17-28/h1-26,33,35H. The molecule has 2 atom stereocenters. The fourth-order valence-corrected chi connectivity index (χ4v) is 6.23. The molecule has 0 saturated carbocycles. The Kier molecular flexibility index (Phi) is 5.72. The highest BCUT2D eigenvalue weighted by atomic mass is 14.3. The van der Waals surface area contributed by atoms with Gasteiger partial charge in [0.2, 0.25) is 0 Å². The van der Waals surface area contributed by atoms with E-state index in [9.17, 15) is 0 Å². The maximum Gasteiger partial charge on any atom is 0.0137 e. The summed E-state index contributed by atoms with van der Waals surface area (Å²) in [5.74, 6) is 0.523. The van der Waals surface area contributed by atoms with E-state index in [2.05, 4.69) is 158 Å². The van der Waals surface area contributed by atoms with Crippen molar-refractivity contribution in [2.45, 2.75) is 0 Å². The van der Waals surface area contributed by atoms with Gasteiger partial charge in [0, 0.05) is 11.8 Å². The Morgan fingerprint density at radius 1 is 0.342 bits per heavy atom. The maximum atomic E-state index is 2.40. The molecule has 2 unspecified atom stereocenters. The molecule has 0 bridgehead atoms. The summed E-state index contributed by atoms with van der Waals surface area (Å²) in [5.41, 5.74) is 10.5. The van der Waals surface area contributed by atoms with Crippen molar-refractivity contribution >= 4 is 11.1 Å². The van der Waals surface area contributed by atoms with Crippen LogP contribution in [0.25, 0.3) is 33.4 Å². The molecule has 180 valence electrons. The van der Waals surface area contributed by atoms with Crippen LogP contribution in [0, 0.1) is 11.8 Å². The molecular weight excluding hydrogens is 456 g/mol. The van der Waals surface area contributed by atoms with Crippen LogP contribution in [-0.4, -0.2) is 0 Å². The third-order valence-corrected chi connectivity index (χ3v) is 7.89. The Balaban J connectivity index is 1.54. The second kappa shape index (κ2) is 9.65. The molecule has 0 heteroatoms. The maximum absolute atomic E-state index is 2.40. The molecule has 2 aliphatic carbocycles. The normalized spacial score (nSPS) is 17.7. The molecule has 0 aliphatic heterocycles. The Morgan fingerprint density at radius 2 is 0.842 bits per heavy atom. The van der Waals surface area contributed by atoms with E-state index in [0.717, 1.165) is 0 Å². The first-order valence-corrected chi connectivity index (χ1v) is 13.4. The fraction of sp³-hybridized carbons (Fsp3) is 0.0526. The highest BCUT2D eigenvalue weighted by Crippen LogP contribution is 2.42. The van der Waals surface area contributed by atoms with Crippen LogP contribution in [0.5, 0.6) is 0 Å². The van der Waals surface area contributed by atoms with Gasteiger partial charge >= 0.3 is 0 Å². The predicted octanol–water partition coefficient (Wildman–Crippen LogP) is 7.79. The summed E-state index contributed by atoms with van der Waals surface area (Å²) >= 11 is 0. The van der Waals surface area contributed by atoms with Gasteiger partial charge in [0.15, 0.2) is 0 Å². The van der Waals surface area contributed by atoms with Crippen LogP contribution in [0.15, 0.2) is 158 Å². The van der Waals surface area contributed by atoms with Crippen molar-refractivity contribution in [3.8, 4) is 22.3 Å². The Bertz CT molecular complexity index is 1800. The second-order valence-electron chi connectivity index (χ2n) is 10.1. The van der Waals surface area contributed by atoms with Gasteiger partial charge in [-0.15, -0.1) is 0 Å². The molecule has 0 saturated heterocycles. The van der Waals surface area contributed by atoms with Crippen LogP contribution in [0.4, 0.5) is 0 Å². The number of benzene rings is 5. The zero-order valence-corrected chi connectivity index (χ0v) is 21.2. The second-order valence-corrected chi connectivity index (χ2v) is 10.1. The number of hydrogen-bond acceptors (Lipinski definition) is 0. The SMILES string of the molecule is C1=CC2C(c3cccc(-c4ccccc4)c3)=c3ccccc3=C(c3ccccc3-c3ccccc3)C2C=C1. The van der Waals surface area contributed by atoms with Gasteiger partial charge in [0.25, 0.3) is 0 Å². The van der Waals surface area contributed by atoms with Gasteiger partial charge in [-0.3, -0.25) is 0 Å². The molecule has 7 rings (SSSR count). The largest absolute Gasteiger partial charge is 0.0760 e. The van der Waals surface area contributed by atoms with Gasteiger partial charge in [-0.25, -0.2) is 0 Å². The summed E-state index contributed by atoms with van der Waals surface area (Å²) in [6.07, 6.45) is 9.24. The van der Waals surface area contributed by atoms with Crippen molar-refractivity contribution in [2.75, 3.05) is 0 Å². The smallest absolute Gasteiger partial charge is 0.0137 e. The average molecular weight is 485 g/mol. The van der Waals surface area contributed by atoms with E-state index in [0.29, 0.717) is 0 Å². The van der Waals surface area contributed by atoms with Crippen LogP contribution in [-0.2, 0) is 0 Å². The summed E-state index contributed by atoms with van der Waals surface area (Å²) in [5, 5.41) is 2.66. The molecule has 0 aromatic heterocycles.